The molecule has 1 aromatic rings. The predicted octanol–water partition coefficient (Wildman–Crippen LogP) is 1.49. The topological polar surface area (TPSA) is 59.4 Å². The van der Waals surface area contributed by atoms with Crippen molar-refractivity contribution in [2.24, 2.45) is 5.92 Å². The maximum atomic E-state index is 11.6. The largest absolute Gasteiger partial charge is 0.469 e. The molecule has 0 bridgehead atoms. The number of carbonyl (C=O) groups excluding carboxylic acids is 1. The van der Waals surface area contributed by atoms with Crippen LogP contribution in [0, 0.1) is 5.92 Å². The van der Waals surface area contributed by atoms with E-state index in [-0.39, 0.29) is 0 Å². The normalized spacial score (nSPS) is 16.2. The molecule has 1 heterocycles. The van der Waals surface area contributed by atoms with Gasteiger partial charge in [0.25, 0.3) is 0 Å². The molecule has 0 saturated heterocycles. The lowest BCUT2D eigenvalue weighted by atomic mass is 9.81. The van der Waals surface area contributed by atoms with Crippen LogP contribution >= 0.6 is 0 Å². The minimum atomic E-state index is -1.23. The Labute approximate surface area is 95.3 Å². The fraction of sp³-hybridized carbons (Fsp3) is 0.500. The molecule has 2 atom stereocenters. The van der Waals surface area contributed by atoms with Crippen molar-refractivity contribution < 1.29 is 14.6 Å². The number of hydrogen-bond donors (Lipinski definition) is 1. The van der Waals surface area contributed by atoms with E-state index in [2.05, 4.69) is 4.98 Å². The fourth-order valence-corrected chi connectivity index (χ4v) is 1.83. The van der Waals surface area contributed by atoms with Crippen LogP contribution < -0.4 is 0 Å². The van der Waals surface area contributed by atoms with Crippen molar-refractivity contribution in [3.8, 4) is 0 Å². The Balaban J connectivity index is 3.04. The lowest BCUT2D eigenvalue weighted by molar-refractivity contribution is -0.155. The third kappa shape index (κ3) is 2.39. The molecule has 4 nitrogen and oxygen atoms in total. The summed E-state index contributed by atoms with van der Waals surface area (Å²) in [6.45, 7) is 3.46. The molecule has 0 radical (unpaired) electrons. The van der Waals surface area contributed by atoms with Crippen LogP contribution in [-0.4, -0.2) is 23.2 Å². The molecule has 0 amide bonds. The highest BCUT2D eigenvalue weighted by atomic mass is 16.5. The predicted molar refractivity (Wildman–Crippen MR) is 59.6 cm³/mol. The van der Waals surface area contributed by atoms with Crippen LogP contribution in [-0.2, 0) is 15.1 Å². The average molecular weight is 223 g/mol. The highest BCUT2D eigenvalue weighted by Crippen LogP contribution is 2.31. The Morgan fingerprint density at radius 1 is 1.56 bits per heavy atom. The molecule has 0 aliphatic rings. The molecule has 1 aromatic heterocycles. The van der Waals surface area contributed by atoms with Gasteiger partial charge in [0.05, 0.1) is 13.0 Å². The summed E-state index contributed by atoms with van der Waals surface area (Å²) in [4.78, 5) is 15.4. The van der Waals surface area contributed by atoms with E-state index in [1.54, 1.807) is 31.5 Å². The molecule has 0 fully saturated rings. The minimum Gasteiger partial charge on any atom is -0.469 e. The van der Waals surface area contributed by atoms with Gasteiger partial charge in [-0.3, -0.25) is 9.78 Å². The molecule has 0 aromatic carbocycles. The zero-order chi connectivity index (χ0) is 12.2. The summed E-state index contributed by atoms with van der Waals surface area (Å²) in [7, 11) is 1.33. The van der Waals surface area contributed by atoms with Crippen LogP contribution in [0.4, 0.5) is 0 Å². The van der Waals surface area contributed by atoms with Gasteiger partial charge < -0.3 is 9.84 Å². The number of esters is 1. The summed E-state index contributed by atoms with van der Waals surface area (Å²) < 4.78 is 4.70. The van der Waals surface area contributed by atoms with Gasteiger partial charge in [-0.15, -0.1) is 0 Å². The Morgan fingerprint density at radius 2 is 2.12 bits per heavy atom. The minimum absolute atomic E-state index is 0.399. The van der Waals surface area contributed by atoms with E-state index >= 15 is 0 Å². The number of rotatable bonds is 4. The van der Waals surface area contributed by atoms with Gasteiger partial charge in [-0.1, -0.05) is 6.92 Å². The Bertz CT molecular complexity index is 349. The van der Waals surface area contributed by atoms with E-state index in [1.165, 1.54) is 7.11 Å². The van der Waals surface area contributed by atoms with Crippen molar-refractivity contribution in [1.29, 1.82) is 0 Å². The van der Waals surface area contributed by atoms with Crippen LogP contribution in [0.3, 0.4) is 0 Å². The lowest BCUT2D eigenvalue weighted by Gasteiger charge is -2.30. The zero-order valence-corrected chi connectivity index (χ0v) is 9.80. The first-order valence-corrected chi connectivity index (χ1v) is 5.24. The summed E-state index contributed by atoms with van der Waals surface area (Å²) in [6.07, 6.45) is 3.70. The smallest absolute Gasteiger partial charge is 0.311 e. The van der Waals surface area contributed by atoms with Crippen molar-refractivity contribution in [2.45, 2.75) is 25.9 Å². The second kappa shape index (κ2) is 5.07. The van der Waals surface area contributed by atoms with E-state index in [0.717, 1.165) is 0 Å². The number of carbonyl (C=O) groups is 1. The third-order valence-electron chi connectivity index (χ3n) is 2.84. The molecular formula is C12H17NO3. The molecule has 1 rings (SSSR count). The second-order valence-electron chi connectivity index (χ2n) is 3.87. The summed E-state index contributed by atoms with van der Waals surface area (Å²) in [5.74, 6) is -0.968. The molecule has 4 heteroatoms. The van der Waals surface area contributed by atoms with Crippen LogP contribution in [0.15, 0.2) is 24.5 Å². The van der Waals surface area contributed by atoms with E-state index in [1.807, 2.05) is 6.92 Å². The van der Waals surface area contributed by atoms with E-state index < -0.39 is 17.5 Å². The summed E-state index contributed by atoms with van der Waals surface area (Å²) in [5, 5.41) is 10.4. The van der Waals surface area contributed by atoms with Gasteiger partial charge in [-0.05, 0) is 31.0 Å². The summed E-state index contributed by atoms with van der Waals surface area (Å²) >= 11 is 0. The van der Waals surface area contributed by atoms with Gasteiger partial charge in [0.1, 0.15) is 5.60 Å². The van der Waals surface area contributed by atoms with Gasteiger partial charge in [0.15, 0.2) is 0 Å². The van der Waals surface area contributed by atoms with Crippen LogP contribution in [0.1, 0.15) is 25.8 Å². The van der Waals surface area contributed by atoms with Crippen molar-refractivity contribution in [1.82, 2.24) is 4.98 Å². The second-order valence-corrected chi connectivity index (χ2v) is 3.87. The summed E-state index contributed by atoms with van der Waals surface area (Å²) in [6, 6.07) is 3.40. The number of pyridine rings is 1. The van der Waals surface area contributed by atoms with Crippen LogP contribution in [0.25, 0.3) is 0 Å². The first-order valence-electron chi connectivity index (χ1n) is 5.24. The molecule has 2 unspecified atom stereocenters. The zero-order valence-electron chi connectivity index (χ0n) is 9.80. The van der Waals surface area contributed by atoms with E-state index in [4.69, 9.17) is 4.74 Å². The van der Waals surface area contributed by atoms with Crippen molar-refractivity contribution in [3.63, 3.8) is 0 Å². The standard InChI is InChI=1S/C12H17NO3/c1-4-10(11(14)16-3)12(2,15)9-5-7-13-8-6-9/h5-8,10,15H,4H2,1-3H3. The number of aromatic nitrogens is 1. The Morgan fingerprint density at radius 3 is 2.56 bits per heavy atom. The van der Waals surface area contributed by atoms with Crippen molar-refractivity contribution >= 4 is 5.97 Å². The molecule has 0 spiro atoms. The molecule has 88 valence electrons. The molecular weight excluding hydrogens is 206 g/mol. The van der Waals surface area contributed by atoms with Gasteiger partial charge in [0.2, 0.25) is 0 Å². The monoisotopic (exact) mass is 223 g/mol. The number of ether oxygens (including phenoxy) is 1. The maximum absolute atomic E-state index is 11.6. The number of nitrogens with zero attached hydrogens (tertiary/aromatic N) is 1. The van der Waals surface area contributed by atoms with Crippen molar-refractivity contribution in [3.05, 3.63) is 30.1 Å². The van der Waals surface area contributed by atoms with Gasteiger partial charge in [-0.2, -0.15) is 0 Å². The molecule has 0 aliphatic heterocycles. The molecule has 16 heavy (non-hydrogen) atoms. The van der Waals surface area contributed by atoms with Crippen LogP contribution in [0.5, 0.6) is 0 Å². The first kappa shape index (κ1) is 12.6. The molecule has 0 saturated carbocycles. The highest BCUT2D eigenvalue weighted by Gasteiger charge is 2.38. The van der Waals surface area contributed by atoms with E-state index in [9.17, 15) is 9.90 Å². The average Bonchev–Trinajstić information content (AvgIpc) is 2.30. The van der Waals surface area contributed by atoms with Crippen molar-refractivity contribution in [2.75, 3.05) is 7.11 Å². The SMILES string of the molecule is CCC(C(=O)OC)C(C)(O)c1ccncc1. The third-order valence-corrected chi connectivity index (χ3v) is 2.84. The van der Waals surface area contributed by atoms with Gasteiger partial charge in [0, 0.05) is 12.4 Å². The maximum Gasteiger partial charge on any atom is 0.311 e. The first-order chi connectivity index (χ1) is 7.54. The quantitative estimate of drug-likeness (QED) is 0.786. The number of aliphatic hydroxyl groups is 1. The van der Waals surface area contributed by atoms with Crippen LogP contribution in [0.2, 0.25) is 0 Å². The Kier molecular flexibility index (Phi) is 4.01. The van der Waals surface area contributed by atoms with Gasteiger partial charge >= 0.3 is 5.97 Å². The summed E-state index contributed by atoms with van der Waals surface area (Å²) in [5.41, 5.74) is -0.565. The molecule has 0 aliphatic carbocycles. The number of hydrogen-bond acceptors (Lipinski definition) is 4. The fourth-order valence-electron chi connectivity index (χ4n) is 1.83. The Hall–Kier alpha value is -1.42. The lowest BCUT2D eigenvalue weighted by Crippen LogP contribution is -2.37. The van der Waals surface area contributed by atoms with Gasteiger partial charge in [-0.25, -0.2) is 0 Å². The highest BCUT2D eigenvalue weighted by molar-refractivity contribution is 5.74. The number of methoxy groups -OCH3 is 1. The molecule has 1 N–H and O–H groups in total. The van der Waals surface area contributed by atoms with E-state index in [0.29, 0.717) is 12.0 Å².